The summed E-state index contributed by atoms with van der Waals surface area (Å²) >= 11 is 3.31. The van der Waals surface area contributed by atoms with Crippen LogP contribution in [0.4, 0.5) is 11.8 Å². The van der Waals surface area contributed by atoms with Gasteiger partial charge in [-0.2, -0.15) is 10.2 Å². The van der Waals surface area contributed by atoms with Gasteiger partial charge in [0.1, 0.15) is 17.5 Å². The molecule has 8 heteroatoms. The topological polar surface area (TPSA) is 131 Å². The molecule has 0 bridgehead atoms. The van der Waals surface area contributed by atoms with Gasteiger partial charge in [0.25, 0.3) is 0 Å². The molecule has 0 aliphatic rings. The second-order valence-corrected chi connectivity index (χ2v) is 4.57. The highest BCUT2D eigenvalue weighted by Crippen LogP contribution is 2.42. The highest BCUT2D eigenvalue weighted by molar-refractivity contribution is 9.10. The van der Waals surface area contributed by atoms with Gasteiger partial charge < -0.3 is 21.3 Å². The van der Waals surface area contributed by atoms with E-state index in [9.17, 15) is 10.4 Å². The van der Waals surface area contributed by atoms with E-state index >= 15 is 0 Å². The third kappa shape index (κ3) is 2.19. The number of hydrogen-bond donors (Lipinski definition) is 3. The molecule has 0 aliphatic carbocycles. The van der Waals surface area contributed by atoms with Gasteiger partial charge in [0, 0.05) is 5.56 Å². The van der Waals surface area contributed by atoms with Crippen LogP contribution in [0.15, 0.2) is 16.6 Å². The van der Waals surface area contributed by atoms with Gasteiger partial charge >= 0.3 is 0 Å². The van der Waals surface area contributed by atoms with Gasteiger partial charge in [-0.3, -0.25) is 0 Å². The van der Waals surface area contributed by atoms with E-state index in [1.54, 1.807) is 6.07 Å². The molecule has 5 N–H and O–H groups in total. The third-order valence-electron chi connectivity index (χ3n) is 2.60. The average molecular weight is 336 g/mol. The minimum Gasteiger partial charge on any atom is -0.504 e. The maximum absolute atomic E-state index is 9.70. The van der Waals surface area contributed by atoms with Crippen LogP contribution in [0.2, 0.25) is 0 Å². The number of hydrogen-bond acceptors (Lipinski definition) is 7. The fourth-order valence-electron chi connectivity index (χ4n) is 1.72. The van der Waals surface area contributed by atoms with E-state index < -0.39 is 0 Å². The smallest absolute Gasteiger partial charge is 0.222 e. The lowest BCUT2D eigenvalue weighted by Gasteiger charge is -2.12. The van der Waals surface area contributed by atoms with E-state index in [0.717, 1.165) is 0 Å². The molecule has 0 saturated carbocycles. The fraction of sp³-hybridized carbons (Fsp3) is 0.0833. The Hall–Kier alpha value is -2.53. The van der Waals surface area contributed by atoms with Gasteiger partial charge in [0.2, 0.25) is 5.95 Å². The molecule has 0 spiro atoms. The third-order valence-corrected chi connectivity index (χ3v) is 3.39. The number of anilines is 2. The first kappa shape index (κ1) is 13.9. The lowest BCUT2D eigenvalue weighted by atomic mass is 10.1. The summed E-state index contributed by atoms with van der Waals surface area (Å²) in [6.07, 6.45) is 0. The van der Waals surface area contributed by atoms with E-state index in [4.69, 9.17) is 16.2 Å². The standard InChI is InChI=1S/C12H10BrN5O2/c1-20-10-7(19)3-2-5(8(10)13)9-6(4-14)11(15)18-12(16)17-9/h2-3,19H,1H3,(H4,15,16,17,18). The number of benzene rings is 1. The highest BCUT2D eigenvalue weighted by Gasteiger charge is 2.19. The van der Waals surface area contributed by atoms with Gasteiger partial charge in [0.15, 0.2) is 11.5 Å². The number of nitriles is 1. The van der Waals surface area contributed by atoms with E-state index in [1.807, 2.05) is 6.07 Å². The fourth-order valence-corrected chi connectivity index (χ4v) is 2.41. The van der Waals surface area contributed by atoms with Crippen LogP contribution >= 0.6 is 15.9 Å². The Labute approximate surface area is 123 Å². The number of aromatic hydroxyl groups is 1. The van der Waals surface area contributed by atoms with Crippen molar-refractivity contribution in [2.24, 2.45) is 0 Å². The van der Waals surface area contributed by atoms with E-state index in [0.29, 0.717) is 10.0 Å². The van der Waals surface area contributed by atoms with Gasteiger partial charge in [-0.05, 0) is 28.1 Å². The number of halogens is 1. The molecule has 0 amide bonds. The molecule has 1 aromatic carbocycles. The summed E-state index contributed by atoms with van der Waals surface area (Å²) < 4.78 is 5.53. The number of nitrogens with two attached hydrogens (primary N) is 2. The first-order valence-corrected chi connectivity index (χ1v) is 6.17. The Bertz CT molecular complexity index is 727. The number of rotatable bonds is 2. The van der Waals surface area contributed by atoms with Crippen LogP contribution in [0.25, 0.3) is 11.3 Å². The van der Waals surface area contributed by atoms with Crippen molar-refractivity contribution >= 4 is 27.7 Å². The van der Waals surface area contributed by atoms with Gasteiger partial charge in [-0.1, -0.05) is 0 Å². The Morgan fingerprint density at radius 2 is 2.05 bits per heavy atom. The molecule has 102 valence electrons. The van der Waals surface area contributed by atoms with Crippen LogP contribution in [0, 0.1) is 11.3 Å². The molecule has 0 fully saturated rings. The minimum absolute atomic E-state index is 0.00561. The summed E-state index contributed by atoms with van der Waals surface area (Å²) in [5, 5.41) is 18.9. The summed E-state index contributed by atoms with van der Waals surface area (Å²) in [5.41, 5.74) is 12.1. The molecule has 0 aliphatic heterocycles. The number of nitrogen functional groups attached to an aromatic ring is 2. The van der Waals surface area contributed by atoms with Crippen molar-refractivity contribution in [1.82, 2.24) is 9.97 Å². The summed E-state index contributed by atoms with van der Waals surface area (Å²) in [6, 6.07) is 4.94. The van der Waals surface area contributed by atoms with Crippen LogP contribution in [-0.4, -0.2) is 22.2 Å². The van der Waals surface area contributed by atoms with Crippen molar-refractivity contribution in [3.05, 3.63) is 22.2 Å². The molecule has 7 nitrogen and oxygen atoms in total. The number of nitrogens with zero attached hydrogens (tertiary/aromatic N) is 3. The molecular weight excluding hydrogens is 326 g/mol. The lowest BCUT2D eigenvalue weighted by molar-refractivity contribution is 0.371. The maximum Gasteiger partial charge on any atom is 0.222 e. The van der Waals surface area contributed by atoms with Crippen molar-refractivity contribution in [1.29, 1.82) is 5.26 Å². The normalized spacial score (nSPS) is 10.1. The number of phenolic OH excluding ortho intramolecular Hbond substituents is 1. The number of methoxy groups -OCH3 is 1. The van der Waals surface area contributed by atoms with Crippen molar-refractivity contribution < 1.29 is 9.84 Å². The minimum atomic E-state index is -0.0459. The molecule has 0 radical (unpaired) electrons. The zero-order chi connectivity index (χ0) is 14.9. The van der Waals surface area contributed by atoms with Crippen LogP contribution in [0.1, 0.15) is 5.56 Å². The molecule has 2 aromatic rings. The Morgan fingerprint density at radius 1 is 1.35 bits per heavy atom. The SMILES string of the molecule is COc1c(O)ccc(-c2nc(N)nc(N)c2C#N)c1Br. The van der Waals surface area contributed by atoms with Crippen LogP contribution in [0.3, 0.4) is 0 Å². The molecular formula is C12H10BrN5O2. The van der Waals surface area contributed by atoms with Gasteiger partial charge in [0.05, 0.1) is 17.3 Å². The van der Waals surface area contributed by atoms with Crippen LogP contribution in [-0.2, 0) is 0 Å². The predicted octanol–water partition coefficient (Wildman–Crippen LogP) is 1.66. The highest BCUT2D eigenvalue weighted by atomic mass is 79.9. The van der Waals surface area contributed by atoms with Crippen molar-refractivity contribution in [2.75, 3.05) is 18.6 Å². The summed E-state index contributed by atoms with van der Waals surface area (Å²) in [6.45, 7) is 0. The van der Waals surface area contributed by atoms with Gasteiger partial charge in [-0.15, -0.1) is 0 Å². The molecule has 0 atom stereocenters. The Kier molecular flexibility index (Phi) is 3.63. The Balaban J connectivity index is 2.79. The largest absolute Gasteiger partial charge is 0.504 e. The van der Waals surface area contributed by atoms with Crippen LogP contribution < -0.4 is 16.2 Å². The summed E-state index contributed by atoms with van der Waals surface area (Å²) in [5.74, 6) is 0.128. The van der Waals surface area contributed by atoms with Gasteiger partial charge in [-0.25, -0.2) is 4.98 Å². The van der Waals surface area contributed by atoms with E-state index in [1.165, 1.54) is 13.2 Å². The second kappa shape index (κ2) is 5.22. The zero-order valence-electron chi connectivity index (χ0n) is 10.4. The monoisotopic (exact) mass is 335 g/mol. The first-order chi connectivity index (χ1) is 9.49. The lowest BCUT2D eigenvalue weighted by Crippen LogP contribution is -2.05. The average Bonchev–Trinajstić information content (AvgIpc) is 2.38. The van der Waals surface area contributed by atoms with E-state index in [2.05, 4.69) is 25.9 Å². The number of ether oxygens (including phenoxy) is 1. The predicted molar refractivity (Wildman–Crippen MR) is 76.9 cm³/mol. The number of aromatic nitrogens is 2. The van der Waals surface area contributed by atoms with Crippen molar-refractivity contribution in [2.45, 2.75) is 0 Å². The molecule has 0 unspecified atom stereocenters. The molecule has 1 aromatic heterocycles. The van der Waals surface area contributed by atoms with Crippen molar-refractivity contribution in [3.8, 4) is 28.8 Å². The molecule has 0 saturated heterocycles. The number of phenols is 1. The zero-order valence-corrected chi connectivity index (χ0v) is 12.0. The van der Waals surface area contributed by atoms with E-state index in [-0.39, 0.29) is 34.5 Å². The quantitative estimate of drug-likeness (QED) is 0.760. The molecule has 20 heavy (non-hydrogen) atoms. The Morgan fingerprint density at radius 3 is 2.65 bits per heavy atom. The summed E-state index contributed by atoms with van der Waals surface area (Å²) in [4.78, 5) is 7.78. The molecule has 2 rings (SSSR count). The van der Waals surface area contributed by atoms with Crippen molar-refractivity contribution in [3.63, 3.8) is 0 Å². The second-order valence-electron chi connectivity index (χ2n) is 3.78. The first-order valence-electron chi connectivity index (χ1n) is 5.38. The maximum atomic E-state index is 9.70. The molecule has 1 heterocycles. The summed E-state index contributed by atoms with van der Waals surface area (Å²) in [7, 11) is 1.41. The van der Waals surface area contributed by atoms with Crippen LogP contribution in [0.5, 0.6) is 11.5 Å².